The molecule has 238 valence electrons. The monoisotopic (exact) mass is 639 g/mol. The minimum Gasteiger partial charge on any atom is -0.394 e. The van der Waals surface area contributed by atoms with Crippen LogP contribution in [-0.2, 0) is 19.1 Å². The fraction of sp³-hybridized carbons (Fsp3) is 0.324. The first kappa shape index (κ1) is 31.7. The average Bonchev–Trinajstić information content (AvgIpc) is 3.64. The minimum absolute atomic E-state index is 0.123. The van der Waals surface area contributed by atoms with Gasteiger partial charge in [0, 0.05) is 18.8 Å². The van der Waals surface area contributed by atoms with Crippen LogP contribution in [0.4, 0.5) is 11.4 Å². The highest BCUT2D eigenvalue weighted by Crippen LogP contribution is 2.64. The van der Waals surface area contributed by atoms with Crippen LogP contribution in [0.5, 0.6) is 0 Å². The van der Waals surface area contributed by atoms with Crippen molar-refractivity contribution >= 4 is 40.7 Å². The van der Waals surface area contributed by atoms with Crippen molar-refractivity contribution in [1.29, 1.82) is 0 Å². The van der Waals surface area contributed by atoms with Crippen molar-refractivity contribution in [2.24, 2.45) is 11.8 Å². The summed E-state index contributed by atoms with van der Waals surface area (Å²) >= 11 is 6.62. The number of benzene rings is 3. The fourth-order valence-corrected chi connectivity index (χ4v) is 8.10. The Labute approximate surface area is 274 Å². The SMILES string of the molecule is C=CCN(C(=O)[C@H]1[C@H]2C(=O)N([C@H](CO)c3ccccc3)C(C(=O)N(CC=C)c3ccccc3Cl)C23CC[C@]1(C)O3)c1ccccc1. The van der Waals surface area contributed by atoms with Crippen LogP contribution >= 0.6 is 11.6 Å². The molecule has 1 N–H and O–H groups in total. The molecule has 2 unspecified atom stereocenters. The van der Waals surface area contributed by atoms with E-state index in [9.17, 15) is 14.7 Å². The lowest BCUT2D eigenvalue weighted by Gasteiger charge is -2.39. The lowest BCUT2D eigenvalue weighted by Crippen LogP contribution is -2.57. The highest BCUT2D eigenvalue weighted by atomic mass is 35.5. The van der Waals surface area contributed by atoms with Crippen LogP contribution in [0.1, 0.15) is 31.4 Å². The summed E-state index contributed by atoms with van der Waals surface area (Å²) in [6, 6.07) is 23.4. The second-order valence-electron chi connectivity index (χ2n) is 12.3. The number of aliphatic hydroxyl groups excluding tert-OH is 1. The van der Waals surface area contributed by atoms with Gasteiger partial charge in [-0.05, 0) is 49.6 Å². The molecule has 6 atom stereocenters. The zero-order valence-corrected chi connectivity index (χ0v) is 26.6. The van der Waals surface area contributed by atoms with E-state index in [0.717, 1.165) is 0 Å². The molecular weight excluding hydrogens is 602 g/mol. The van der Waals surface area contributed by atoms with E-state index >= 15 is 4.79 Å². The van der Waals surface area contributed by atoms with Crippen LogP contribution in [0.3, 0.4) is 0 Å². The molecule has 3 amide bonds. The van der Waals surface area contributed by atoms with Gasteiger partial charge in [-0.3, -0.25) is 14.4 Å². The number of aliphatic hydroxyl groups is 1. The summed E-state index contributed by atoms with van der Waals surface area (Å²) < 4.78 is 6.90. The predicted molar refractivity (Wildman–Crippen MR) is 178 cm³/mol. The molecule has 3 aliphatic heterocycles. The van der Waals surface area contributed by atoms with Gasteiger partial charge in [0.25, 0.3) is 5.91 Å². The van der Waals surface area contributed by atoms with Crippen LogP contribution in [-0.4, -0.2) is 64.7 Å². The highest BCUT2D eigenvalue weighted by molar-refractivity contribution is 6.34. The summed E-state index contributed by atoms with van der Waals surface area (Å²) in [7, 11) is 0. The van der Waals surface area contributed by atoms with Crippen molar-refractivity contribution in [3.05, 3.63) is 121 Å². The number of hydrogen-bond donors (Lipinski definition) is 1. The van der Waals surface area contributed by atoms with Crippen molar-refractivity contribution < 1.29 is 24.2 Å². The number of anilines is 2. The number of rotatable bonds is 11. The second kappa shape index (κ2) is 12.5. The number of nitrogens with zero attached hydrogens (tertiary/aromatic N) is 3. The van der Waals surface area contributed by atoms with Crippen molar-refractivity contribution in [2.75, 3.05) is 29.5 Å². The Morgan fingerprint density at radius 3 is 2.20 bits per heavy atom. The van der Waals surface area contributed by atoms with Crippen molar-refractivity contribution in [2.45, 2.75) is 43.1 Å². The first-order chi connectivity index (χ1) is 22.2. The van der Waals surface area contributed by atoms with Gasteiger partial charge in [0.2, 0.25) is 11.8 Å². The molecule has 3 aliphatic rings. The molecule has 3 fully saturated rings. The lowest BCUT2D eigenvalue weighted by atomic mass is 9.66. The third-order valence-electron chi connectivity index (χ3n) is 9.77. The molecule has 0 radical (unpaired) electrons. The summed E-state index contributed by atoms with van der Waals surface area (Å²) in [5.74, 6) is -2.92. The van der Waals surface area contributed by atoms with Gasteiger partial charge in [-0.2, -0.15) is 0 Å². The number of carbonyl (C=O) groups is 3. The molecule has 0 saturated carbocycles. The molecule has 6 rings (SSSR count). The third-order valence-corrected chi connectivity index (χ3v) is 10.1. The van der Waals surface area contributed by atoms with E-state index in [1.807, 2.05) is 67.6 Å². The van der Waals surface area contributed by atoms with E-state index in [1.54, 1.807) is 41.3 Å². The van der Waals surface area contributed by atoms with Gasteiger partial charge in [0.15, 0.2) is 0 Å². The first-order valence-corrected chi connectivity index (χ1v) is 15.9. The molecule has 0 aliphatic carbocycles. The smallest absolute Gasteiger partial charge is 0.253 e. The van der Waals surface area contributed by atoms with E-state index in [-0.39, 0.29) is 19.0 Å². The summed E-state index contributed by atoms with van der Waals surface area (Å²) in [6.45, 7) is 9.54. The molecule has 0 aromatic heterocycles. The number of hydrogen-bond acceptors (Lipinski definition) is 5. The number of fused-ring (bicyclic) bond motifs is 1. The number of para-hydroxylation sites is 2. The second-order valence-corrected chi connectivity index (χ2v) is 12.8. The molecule has 9 heteroatoms. The van der Waals surface area contributed by atoms with Crippen molar-refractivity contribution in [3.63, 3.8) is 0 Å². The number of halogens is 1. The summed E-state index contributed by atoms with van der Waals surface area (Å²) in [6.07, 6.45) is 4.12. The molecule has 46 heavy (non-hydrogen) atoms. The van der Waals surface area contributed by atoms with Gasteiger partial charge >= 0.3 is 0 Å². The summed E-state index contributed by atoms with van der Waals surface area (Å²) in [5.41, 5.74) is -0.499. The Hall–Kier alpha value is -4.24. The van der Waals surface area contributed by atoms with Gasteiger partial charge in [0.05, 0.1) is 40.8 Å². The van der Waals surface area contributed by atoms with Crippen LogP contribution in [0.25, 0.3) is 0 Å². The topological polar surface area (TPSA) is 90.4 Å². The Morgan fingerprint density at radius 2 is 1.57 bits per heavy atom. The van der Waals surface area contributed by atoms with E-state index in [4.69, 9.17) is 16.3 Å². The molecule has 3 heterocycles. The Kier molecular flexibility index (Phi) is 8.63. The maximum Gasteiger partial charge on any atom is 0.253 e. The third kappa shape index (κ3) is 4.96. The summed E-state index contributed by atoms with van der Waals surface area (Å²) in [5, 5.41) is 11.2. The Balaban J connectivity index is 1.51. The molecule has 1 spiro atoms. The Morgan fingerprint density at radius 1 is 0.957 bits per heavy atom. The van der Waals surface area contributed by atoms with E-state index in [0.29, 0.717) is 34.8 Å². The van der Waals surface area contributed by atoms with E-state index < -0.39 is 53.5 Å². The number of likely N-dealkylation sites (tertiary alicyclic amines) is 1. The lowest BCUT2D eigenvalue weighted by molar-refractivity contribution is -0.148. The van der Waals surface area contributed by atoms with Crippen LogP contribution in [0, 0.1) is 11.8 Å². The number of amides is 3. The standard InChI is InChI=1S/C37H38ClN3O5/c1-4-22-39(26-16-10-7-11-17-26)33(43)30-31-34(44)41(29(24-42)25-14-8-6-9-15-25)32(37(31)21-20-36(30,3)46-37)35(45)40(23-5-2)28-19-13-12-18-27(28)38/h4-19,29-32,42H,1-2,20-24H2,3H3/t29-,30-,31+,32?,36+,37?/m1/s1. The van der Waals surface area contributed by atoms with Gasteiger partial charge in [-0.15, -0.1) is 13.2 Å². The predicted octanol–water partition coefficient (Wildman–Crippen LogP) is 5.58. The molecule has 3 saturated heterocycles. The van der Waals surface area contributed by atoms with Crippen molar-refractivity contribution in [3.8, 4) is 0 Å². The largest absolute Gasteiger partial charge is 0.394 e. The Bertz CT molecular complexity index is 1650. The molecule has 2 bridgehead atoms. The van der Waals surface area contributed by atoms with Gasteiger partial charge in [-0.1, -0.05) is 84.4 Å². The molecule has 3 aromatic rings. The minimum atomic E-state index is -1.32. The van der Waals surface area contributed by atoms with E-state index in [1.165, 1.54) is 9.80 Å². The number of ether oxygens (including phenoxy) is 1. The zero-order valence-electron chi connectivity index (χ0n) is 25.8. The summed E-state index contributed by atoms with van der Waals surface area (Å²) in [4.78, 5) is 49.2. The van der Waals surface area contributed by atoms with Gasteiger partial charge < -0.3 is 24.5 Å². The maximum atomic E-state index is 15.0. The normalized spacial score (nSPS) is 26.8. The molecule has 3 aromatic carbocycles. The first-order valence-electron chi connectivity index (χ1n) is 15.5. The van der Waals surface area contributed by atoms with Gasteiger partial charge in [-0.25, -0.2) is 0 Å². The quantitative estimate of drug-likeness (QED) is 0.277. The zero-order chi connectivity index (χ0) is 32.6. The van der Waals surface area contributed by atoms with Crippen LogP contribution in [0.2, 0.25) is 5.02 Å². The number of carbonyl (C=O) groups excluding carboxylic acids is 3. The highest BCUT2D eigenvalue weighted by Gasteiger charge is 2.79. The van der Waals surface area contributed by atoms with Crippen molar-refractivity contribution in [1.82, 2.24) is 4.90 Å². The fourth-order valence-electron chi connectivity index (χ4n) is 7.87. The maximum absolute atomic E-state index is 15.0. The van der Waals surface area contributed by atoms with Gasteiger partial charge in [0.1, 0.15) is 11.6 Å². The molecule has 8 nitrogen and oxygen atoms in total. The van der Waals surface area contributed by atoms with Crippen LogP contribution < -0.4 is 9.80 Å². The van der Waals surface area contributed by atoms with E-state index in [2.05, 4.69) is 13.2 Å². The average molecular weight is 640 g/mol. The van der Waals surface area contributed by atoms with Crippen LogP contribution in [0.15, 0.2) is 110 Å². The molecular formula is C37H38ClN3O5.